The molecule has 0 saturated carbocycles. The van der Waals surface area contributed by atoms with Crippen molar-refractivity contribution in [3.63, 3.8) is 0 Å². The van der Waals surface area contributed by atoms with Crippen molar-refractivity contribution >= 4 is 0 Å². The lowest BCUT2D eigenvalue weighted by Gasteiger charge is -2.35. The minimum atomic E-state index is -0.350. The van der Waals surface area contributed by atoms with Crippen LogP contribution in [0.2, 0.25) is 0 Å². The molecule has 0 amide bonds. The molecule has 7 atom stereocenters. The van der Waals surface area contributed by atoms with E-state index < -0.39 is 0 Å². The third-order valence-corrected chi connectivity index (χ3v) is 5.98. The zero-order valence-electron chi connectivity index (χ0n) is 20.9. The molecule has 1 aliphatic heterocycles. The maximum atomic E-state index is 10.5. The van der Waals surface area contributed by atoms with Gasteiger partial charge in [0.25, 0.3) is 0 Å². The van der Waals surface area contributed by atoms with Crippen molar-refractivity contribution in [2.75, 3.05) is 21.3 Å². The standard InChI is InChI=1S/C23H42O5.C2H6/c1-8-20(25-5)17(3)12-13-19(24)16(2)10-9-11-18(4)23-21(26-6)14-15-22(27-7)28-23;1-2/h9-11,16-17,19-24H,8,12-15H2,1-7H3;1-2H3/b10-9+,18-11+;. The Labute approximate surface area is 185 Å². The van der Waals surface area contributed by atoms with Crippen LogP contribution in [0.1, 0.15) is 73.6 Å². The summed E-state index contributed by atoms with van der Waals surface area (Å²) in [4.78, 5) is 0. The number of methoxy groups -OCH3 is 3. The van der Waals surface area contributed by atoms with E-state index in [1.54, 1.807) is 21.3 Å². The molecular weight excluding hydrogens is 380 g/mol. The van der Waals surface area contributed by atoms with E-state index in [0.717, 1.165) is 37.7 Å². The SMILES string of the molecule is CC.CCC(OC)C(C)CCC(O)C(C)/C=C/C=C(\C)C1OC(OC)CCC1OC. The fourth-order valence-corrected chi connectivity index (χ4v) is 3.88. The maximum Gasteiger partial charge on any atom is 0.158 e. The van der Waals surface area contributed by atoms with Gasteiger partial charge < -0.3 is 24.1 Å². The van der Waals surface area contributed by atoms with Crippen LogP contribution < -0.4 is 0 Å². The third-order valence-electron chi connectivity index (χ3n) is 5.98. The average Bonchev–Trinajstić information content (AvgIpc) is 2.78. The molecule has 30 heavy (non-hydrogen) atoms. The average molecular weight is 429 g/mol. The molecule has 1 fully saturated rings. The first kappa shape index (κ1) is 29.3. The van der Waals surface area contributed by atoms with Gasteiger partial charge in [-0.15, -0.1) is 0 Å². The lowest BCUT2D eigenvalue weighted by atomic mass is 9.91. The van der Waals surface area contributed by atoms with Crippen LogP contribution >= 0.6 is 0 Å². The van der Waals surface area contributed by atoms with Crippen molar-refractivity contribution in [1.29, 1.82) is 0 Å². The van der Waals surface area contributed by atoms with Crippen LogP contribution in [0.15, 0.2) is 23.8 Å². The number of hydrogen-bond donors (Lipinski definition) is 1. The molecule has 0 aliphatic carbocycles. The molecule has 1 aliphatic rings. The molecule has 0 bridgehead atoms. The Balaban J connectivity index is 0.00000407. The van der Waals surface area contributed by atoms with Crippen LogP contribution in [0.3, 0.4) is 0 Å². The predicted molar refractivity (Wildman–Crippen MR) is 125 cm³/mol. The first-order valence-corrected chi connectivity index (χ1v) is 11.6. The highest BCUT2D eigenvalue weighted by molar-refractivity contribution is 5.17. The molecular formula is C25H48O5. The predicted octanol–water partition coefficient (Wildman–Crippen LogP) is 5.52. The largest absolute Gasteiger partial charge is 0.393 e. The summed E-state index contributed by atoms with van der Waals surface area (Å²) in [6.45, 7) is 12.4. The van der Waals surface area contributed by atoms with E-state index in [9.17, 15) is 5.11 Å². The molecule has 0 aromatic heterocycles. The van der Waals surface area contributed by atoms with Gasteiger partial charge in [-0.05, 0) is 44.1 Å². The smallest absolute Gasteiger partial charge is 0.158 e. The Morgan fingerprint density at radius 3 is 2.30 bits per heavy atom. The van der Waals surface area contributed by atoms with Gasteiger partial charge in [-0.25, -0.2) is 0 Å². The van der Waals surface area contributed by atoms with Gasteiger partial charge in [0.2, 0.25) is 0 Å². The van der Waals surface area contributed by atoms with Crippen LogP contribution in [0, 0.1) is 11.8 Å². The lowest BCUT2D eigenvalue weighted by molar-refractivity contribution is -0.205. The summed E-state index contributed by atoms with van der Waals surface area (Å²) in [5.41, 5.74) is 1.10. The van der Waals surface area contributed by atoms with Gasteiger partial charge in [-0.1, -0.05) is 52.8 Å². The molecule has 0 spiro atoms. The Morgan fingerprint density at radius 1 is 1.10 bits per heavy atom. The third kappa shape index (κ3) is 10.1. The maximum absolute atomic E-state index is 10.5. The van der Waals surface area contributed by atoms with Crippen LogP contribution in [0.5, 0.6) is 0 Å². The minimum Gasteiger partial charge on any atom is -0.393 e. The molecule has 1 N–H and O–H groups in total. The summed E-state index contributed by atoms with van der Waals surface area (Å²) in [6, 6.07) is 0. The molecule has 178 valence electrons. The van der Waals surface area contributed by atoms with E-state index >= 15 is 0 Å². The van der Waals surface area contributed by atoms with Gasteiger partial charge in [-0.2, -0.15) is 0 Å². The monoisotopic (exact) mass is 428 g/mol. The molecule has 0 aromatic carbocycles. The van der Waals surface area contributed by atoms with Crippen molar-refractivity contribution < 1.29 is 24.1 Å². The molecule has 0 aromatic rings. The Hall–Kier alpha value is -0.720. The molecule has 1 heterocycles. The summed E-state index contributed by atoms with van der Waals surface area (Å²) in [6.07, 6.45) is 10.3. The fraction of sp³-hybridized carbons (Fsp3) is 0.840. The number of hydrogen-bond acceptors (Lipinski definition) is 5. The first-order chi connectivity index (χ1) is 14.4. The normalized spacial score (nSPS) is 26.6. The number of allylic oxidation sites excluding steroid dienone is 2. The summed E-state index contributed by atoms with van der Waals surface area (Å²) in [5, 5.41) is 10.5. The number of aliphatic hydroxyl groups is 1. The van der Waals surface area contributed by atoms with Gasteiger partial charge in [-0.3, -0.25) is 0 Å². The van der Waals surface area contributed by atoms with Crippen LogP contribution in [-0.4, -0.2) is 57.1 Å². The van der Waals surface area contributed by atoms with Crippen LogP contribution in [-0.2, 0) is 18.9 Å². The van der Waals surface area contributed by atoms with Crippen molar-refractivity contribution in [2.24, 2.45) is 11.8 Å². The van der Waals surface area contributed by atoms with Gasteiger partial charge in [0, 0.05) is 33.7 Å². The highest BCUT2D eigenvalue weighted by atomic mass is 16.7. The van der Waals surface area contributed by atoms with E-state index in [1.807, 2.05) is 19.9 Å². The Bertz CT molecular complexity index is 472. The second kappa shape index (κ2) is 16.9. The Morgan fingerprint density at radius 2 is 1.77 bits per heavy atom. The summed E-state index contributed by atoms with van der Waals surface area (Å²) >= 11 is 0. The highest BCUT2D eigenvalue weighted by Crippen LogP contribution is 2.27. The van der Waals surface area contributed by atoms with Crippen molar-refractivity contribution in [1.82, 2.24) is 0 Å². The summed E-state index contributed by atoms with van der Waals surface area (Å²) in [7, 11) is 5.16. The van der Waals surface area contributed by atoms with E-state index in [4.69, 9.17) is 18.9 Å². The van der Waals surface area contributed by atoms with E-state index in [2.05, 4.69) is 39.8 Å². The topological polar surface area (TPSA) is 57.2 Å². The van der Waals surface area contributed by atoms with Crippen LogP contribution in [0.4, 0.5) is 0 Å². The zero-order chi connectivity index (χ0) is 23.1. The van der Waals surface area contributed by atoms with Gasteiger partial charge in [0.05, 0.1) is 18.3 Å². The molecule has 5 nitrogen and oxygen atoms in total. The second-order valence-corrected chi connectivity index (χ2v) is 8.03. The summed E-state index contributed by atoms with van der Waals surface area (Å²) in [5.74, 6) is 0.544. The summed E-state index contributed by atoms with van der Waals surface area (Å²) < 4.78 is 22.4. The van der Waals surface area contributed by atoms with E-state index in [-0.39, 0.29) is 36.6 Å². The number of ether oxygens (including phenoxy) is 4. The number of rotatable bonds is 12. The molecule has 1 saturated heterocycles. The molecule has 7 unspecified atom stereocenters. The lowest BCUT2D eigenvalue weighted by Crippen LogP contribution is -2.41. The van der Waals surface area contributed by atoms with E-state index in [1.165, 1.54) is 0 Å². The van der Waals surface area contributed by atoms with Crippen LogP contribution in [0.25, 0.3) is 0 Å². The second-order valence-electron chi connectivity index (χ2n) is 8.03. The molecule has 1 rings (SSSR count). The molecule has 0 radical (unpaired) electrons. The van der Waals surface area contributed by atoms with Crippen molar-refractivity contribution in [3.8, 4) is 0 Å². The van der Waals surface area contributed by atoms with Gasteiger partial charge in [0.15, 0.2) is 6.29 Å². The van der Waals surface area contributed by atoms with E-state index in [0.29, 0.717) is 5.92 Å². The quantitative estimate of drug-likeness (QED) is 0.415. The Kier molecular flexibility index (Phi) is 16.5. The number of aliphatic hydroxyl groups excluding tert-OH is 1. The highest BCUT2D eigenvalue weighted by Gasteiger charge is 2.32. The van der Waals surface area contributed by atoms with Crippen molar-refractivity contribution in [3.05, 3.63) is 23.8 Å². The van der Waals surface area contributed by atoms with Crippen molar-refractivity contribution in [2.45, 2.75) is 104 Å². The first-order valence-electron chi connectivity index (χ1n) is 11.6. The fourth-order valence-electron chi connectivity index (χ4n) is 3.88. The van der Waals surface area contributed by atoms with Gasteiger partial charge >= 0.3 is 0 Å². The minimum absolute atomic E-state index is 0.0489. The molecule has 5 heteroatoms. The van der Waals surface area contributed by atoms with Gasteiger partial charge in [0.1, 0.15) is 6.10 Å². The zero-order valence-corrected chi connectivity index (χ0v) is 20.9.